The van der Waals surface area contributed by atoms with E-state index in [-0.39, 0.29) is 0 Å². The molecule has 0 spiro atoms. The van der Waals surface area contributed by atoms with Crippen molar-refractivity contribution in [3.8, 4) is 0 Å². The van der Waals surface area contributed by atoms with E-state index in [1.165, 1.54) is 25.7 Å². The zero-order valence-corrected chi connectivity index (χ0v) is 13.7. The molecule has 2 unspecified atom stereocenters. The van der Waals surface area contributed by atoms with Gasteiger partial charge in [-0.3, -0.25) is 0 Å². The second-order valence-electron chi connectivity index (χ2n) is 5.58. The first kappa shape index (κ1) is 14.8. The fourth-order valence-corrected chi connectivity index (χ4v) is 3.46. The number of hydrogen-bond acceptors (Lipinski definition) is 2. The molecule has 3 N–H and O–H groups in total. The third-order valence-corrected chi connectivity index (χ3v) is 4.77. The van der Waals surface area contributed by atoms with E-state index in [0.29, 0.717) is 4.99 Å². The average molecular weight is 341 g/mol. The van der Waals surface area contributed by atoms with Gasteiger partial charge in [-0.1, -0.05) is 32.0 Å². The smallest absolute Gasteiger partial charge is 0.104 e. The summed E-state index contributed by atoms with van der Waals surface area (Å²) in [6.07, 6.45) is 5.45. The van der Waals surface area contributed by atoms with Crippen molar-refractivity contribution in [3.63, 3.8) is 0 Å². The predicted molar refractivity (Wildman–Crippen MR) is 89.6 cm³/mol. The molecular formula is C15H21BrN2S. The second-order valence-corrected chi connectivity index (χ2v) is 6.87. The van der Waals surface area contributed by atoms with Crippen LogP contribution in [0.2, 0.25) is 0 Å². The maximum absolute atomic E-state index is 5.63. The normalized spacial score (nSPS) is 23.1. The molecule has 1 aliphatic rings. The average Bonchev–Trinajstić information content (AvgIpc) is 2.37. The van der Waals surface area contributed by atoms with Crippen LogP contribution in [0, 0.1) is 11.8 Å². The zero-order valence-electron chi connectivity index (χ0n) is 11.3. The number of halogens is 1. The maximum Gasteiger partial charge on any atom is 0.104 e. The number of anilines is 1. The molecule has 0 saturated heterocycles. The van der Waals surface area contributed by atoms with Gasteiger partial charge in [-0.15, -0.1) is 0 Å². The van der Waals surface area contributed by atoms with Gasteiger partial charge in [0.15, 0.2) is 0 Å². The summed E-state index contributed by atoms with van der Waals surface area (Å²) in [5.74, 6) is 1.67. The predicted octanol–water partition coefficient (Wildman–Crippen LogP) is 4.32. The first-order valence-electron chi connectivity index (χ1n) is 6.89. The van der Waals surface area contributed by atoms with Gasteiger partial charge >= 0.3 is 0 Å². The molecule has 0 bridgehead atoms. The zero-order chi connectivity index (χ0) is 13.8. The molecule has 4 heteroatoms. The van der Waals surface area contributed by atoms with Crippen molar-refractivity contribution in [3.05, 3.63) is 28.2 Å². The molecule has 2 atom stereocenters. The molecule has 0 aromatic heterocycles. The van der Waals surface area contributed by atoms with Crippen LogP contribution in [0.4, 0.5) is 5.69 Å². The van der Waals surface area contributed by atoms with Crippen LogP contribution >= 0.6 is 28.1 Å². The third-order valence-electron chi connectivity index (χ3n) is 3.88. The lowest BCUT2D eigenvalue weighted by Crippen LogP contribution is -2.21. The van der Waals surface area contributed by atoms with Gasteiger partial charge in [0.25, 0.3) is 0 Å². The van der Waals surface area contributed by atoms with Gasteiger partial charge in [0.05, 0.1) is 0 Å². The molecular weight excluding hydrogens is 320 g/mol. The Hall–Kier alpha value is -0.610. The standard InChI is InChI=1S/C15H21BrN2S/c1-10-3-2-4-11(7-10)9-18-14-6-5-12(15(17)19)8-13(14)16/h5-6,8,10-11,18H,2-4,7,9H2,1H3,(H2,17,19). The molecule has 0 amide bonds. The van der Waals surface area contributed by atoms with Gasteiger partial charge < -0.3 is 11.1 Å². The first-order chi connectivity index (χ1) is 9.06. The molecule has 1 saturated carbocycles. The van der Waals surface area contributed by atoms with Crippen LogP contribution in [0.25, 0.3) is 0 Å². The van der Waals surface area contributed by atoms with E-state index >= 15 is 0 Å². The Morgan fingerprint density at radius 3 is 2.89 bits per heavy atom. The SMILES string of the molecule is CC1CCCC(CNc2ccc(C(N)=S)cc2Br)C1. The molecule has 2 nitrogen and oxygen atoms in total. The van der Waals surface area contributed by atoms with Crippen molar-refractivity contribution >= 4 is 38.8 Å². The quantitative estimate of drug-likeness (QED) is 0.801. The Morgan fingerprint density at radius 1 is 1.47 bits per heavy atom. The lowest BCUT2D eigenvalue weighted by molar-refractivity contribution is 0.293. The number of nitrogens with two attached hydrogens (primary N) is 1. The monoisotopic (exact) mass is 340 g/mol. The van der Waals surface area contributed by atoms with E-state index < -0.39 is 0 Å². The fourth-order valence-electron chi connectivity index (χ4n) is 2.81. The summed E-state index contributed by atoms with van der Waals surface area (Å²) >= 11 is 8.56. The fraction of sp³-hybridized carbons (Fsp3) is 0.533. The summed E-state index contributed by atoms with van der Waals surface area (Å²) in [7, 11) is 0. The summed E-state index contributed by atoms with van der Waals surface area (Å²) in [4.78, 5) is 0.438. The van der Waals surface area contributed by atoms with E-state index in [1.807, 2.05) is 18.2 Å². The maximum atomic E-state index is 5.63. The number of rotatable bonds is 4. The number of thiocarbonyl (C=S) groups is 1. The molecule has 1 aromatic carbocycles. The molecule has 19 heavy (non-hydrogen) atoms. The van der Waals surface area contributed by atoms with Gasteiger partial charge in [-0.25, -0.2) is 0 Å². The molecule has 0 aliphatic heterocycles. The summed E-state index contributed by atoms with van der Waals surface area (Å²) in [6, 6.07) is 6.00. The molecule has 1 aromatic rings. The minimum absolute atomic E-state index is 0.438. The van der Waals surface area contributed by atoms with E-state index in [2.05, 4.69) is 28.2 Å². The lowest BCUT2D eigenvalue weighted by Gasteiger charge is -2.27. The van der Waals surface area contributed by atoms with Crippen LogP contribution in [0.1, 0.15) is 38.2 Å². The van der Waals surface area contributed by atoms with Gasteiger partial charge in [0, 0.05) is 22.3 Å². The number of hydrogen-bond donors (Lipinski definition) is 2. The highest BCUT2D eigenvalue weighted by Crippen LogP contribution is 2.30. The van der Waals surface area contributed by atoms with E-state index in [4.69, 9.17) is 18.0 Å². The van der Waals surface area contributed by atoms with Crippen LogP contribution in [-0.2, 0) is 0 Å². The van der Waals surface area contributed by atoms with Crippen molar-refractivity contribution in [2.75, 3.05) is 11.9 Å². The number of benzene rings is 1. The highest BCUT2D eigenvalue weighted by molar-refractivity contribution is 9.10. The van der Waals surface area contributed by atoms with Crippen molar-refractivity contribution in [1.29, 1.82) is 0 Å². The summed E-state index contributed by atoms with van der Waals surface area (Å²) < 4.78 is 1.03. The van der Waals surface area contributed by atoms with Gasteiger partial charge in [-0.05, 0) is 58.8 Å². The molecule has 1 fully saturated rings. The van der Waals surface area contributed by atoms with Crippen molar-refractivity contribution < 1.29 is 0 Å². The van der Waals surface area contributed by atoms with Gasteiger partial charge in [-0.2, -0.15) is 0 Å². The topological polar surface area (TPSA) is 38.0 Å². The lowest BCUT2D eigenvalue weighted by atomic mass is 9.82. The van der Waals surface area contributed by atoms with E-state index in [9.17, 15) is 0 Å². The highest BCUT2D eigenvalue weighted by atomic mass is 79.9. The molecule has 0 heterocycles. The Morgan fingerprint density at radius 2 is 2.26 bits per heavy atom. The molecule has 104 valence electrons. The summed E-state index contributed by atoms with van der Waals surface area (Å²) in [5.41, 5.74) is 7.65. The number of nitrogens with one attached hydrogen (secondary N) is 1. The summed E-state index contributed by atoms with van der Waals surface area (Å²) in [5, 5.41) is 3.54. The Bertz CT molecular complexity index is 461. The van der Waals surface area contributed by atoms with Crippen LogP contribution in [0.15, 0.2) is 22.7 Å². The van der Waals surface area contributed by atoms with Crippen molar-refractivity contribution in [2.24, 2.45) is 17.6 Å². The highest BCUT2D eigenvalue weighted by Gasteiger charge is 2.18. The minimum atomic E-state index is 0.438. The van der Waals surface area contributed by atoms with Crippen LogP contribution in [-0.4, -0.2) is 11.5 Å². The molecule has 2 rings (SSSR count). The van der Waals surface area contributed by atoms with Gasteiger partial charge in [0.2, 0.25) is 0 Å². The van der Waals surface area contributed by atoms with Crippen molar-refractivity contribution in [1.82, 2.24) is 0 Å². The Kier molecular flexibility index (Phi) is 5.22. The Labute approximate surface area is 129 Å². The summed E-state index contributed by atoms with van der Waals surface area (Å²) in [6.45, 7) is 3.41. The molecule has 1 aliphatic carbocycles. The van der Waals surface area contributed by atoms with Crippen LogP contribution < -0.4 is 11.1 Å². The van der Waals surface area contributed by atoms with E-state index in [0.717, 1.165) is 34.1 Å². The first-order valence-corrected chi connectivity index (χ1v) is 8.09. The Balaban J connectivity index is 1.94. The van der Waals surface area contributed by atoms with E-state index in [1.54, 1.807) is 0 Å². The van der Waals surface area contributed by atoms with Crippen LogP contribution in [0.5, 0.6) is 0 Å². The van der Waals surface area contributed by atoms with Crippen molar-refractivity contribution in [2.45, 2.75) is 32.6 Å². The van der Waals surface area contributed by atoms with Gasteiger partial charge in [0.1, 0.15) is 4.99 Å². The second kappa shape index (κ2) is 6.71. The minimum Gasteiger partial charge on any atom is -0.389 e. The largest absolute Gasteiger partial charge is 0.389 e. The third kappa shape index (κ3) is 4.18. The molecule has 0 radical (unpaired) electrons. The van der Waals surface area contributed by atoms with Crippen LogP contribution in [0.3, 0.4) is 0 Å².